The van der Waals surface area contributed by atoms with E-state index >= 15 is 0 Å². The molecule has 1 heterocycles. The molecule has 0 fully saturated rings. The van der Waals surface area contributed by atoms with Gasteiger partial charge in [0.15, 0.2) is 5.76 Å². The lowest BCUT2D eigenvalue weighted by molar-refractivity contribution is 0.0646. The highest BCUT2D eigenvalue weighted by atomic mass is 16.5. The number of allylic oxidation sites excluding steroid dienone is 2. The summed E-state index contributed by atoms with van der Waals surface area (Å²) in [6.07, 6.45) is 2.79. The Morgan fingerprint density at radius 1 is 1.33 bits per heavy atom. The van der Waals surface area contributed by atoms with Crippen LogP contribution >= 0.6 is 0 Å². The SMILES string of the molecule is C[C@@H]1CC=C(C#N)O[C@H]1c1ccccc1. The Labute approximate surface area is 89.8 Å². The summed E-state index contributed by atoms with van der Waals surface area (Å²) >= 11 is 0. The van der Waals surface area contributed by atoms with Gasteiger partial charge in [0.1, 0.15) is 12.2 Å². The van der Waals surface area contributed by atoms with E-state index in [0.29, 0.717) is 11.7 Å². The van der Waals surface area contributed by atoms with Crippen LogP contribution in [0.4, 0.5) is 0 Å². The van der Waals surface area contributed by atoms with Crippen LogP contribution in [0.5, 0.6) is 0 Å². The van der Waals surface area contributed by atoms with Gasteiger partial charge in [-0.25, -0.2) is 0 Å². The third kappa shape index (κ3) is 2.02. The number of nitrogens with zero attached hydrogens (tertiary/aromatic N) is 1. The average molecular weight is 199 g/mol. The zero-order valence-electron chi connectivity index (χ0n) is 8.68. The number of hydrogen-bond donors (Lipinski definition) is 0. The molecule has 76 valence electrons. The molecule has 0 bridgehead atoms. The van der Waals surface area contributed by atoms with E-state index in [1.165, 1.54) is 0 Å². The summed E-state index contributed by atoms with van der Waals surface area (Å²) in [5.41, 5.74) is 1.14. The van der Waals surface area contributed by atoms with Crippen LogP contribution in [0.1, 0.15) is 25.0 Å². The van der Waals surface area contributed by atoms with Gasteiger partial charge in [-0.1, -0.05) is 37.3 Å². The van der Waals surface area contributed by atoms with E-state index in [2.05, 4.69) is 13.0 Å². The molecule has 2 rings (SSSR count). The quantitative estimate of drug-likeness (QED) is 0.695. The molecule has 1 aromatic rings. The maximum Gasteiger partial charge on any atom is 0.193 e. The summed E-state index contributed by atoms with van der Waals surface area (Å²) in [6.45, 7) is 2.14. The molecule has 1 aliphatic heterocycles. The molecule has 15 heavy (non-hydrogen) atoms. The molecule has 2 atom stereocenters. The molecule has 0 spiro atoms. The lowest BCUT2D eigenvalue weighted by Crippen LogP contribution is -2.16. The van der Waals surface area contributed by atoms with Gasteiger partial charge in [-0.15, -0.1) is 0 Å². The van der Waals surface area contributed by atoms with Crippen molar-refractivity contribution >= 4 is 0 Å². The summed E-state index contributed by atoms with van der Waals surface area (Å²) in [6, 6.07) is 12.1. The van der Waals surface area contributed by atoms with Gasteiger partial charge in [-0.3, -0.25) is 0 Å². The Balaban J connectivity index is 2.24. The molecule has 1 aliphatic rings. The van der Waals surface area contributed by atoms with Crippen molar-refractivity contribution in [3.8, 4) is 6.07 Å². The monoisotopic (exact) mass is 199 g/mol. The van der Waals surface area contributed by atoms with Crippen molar-refractivity contribution in [1.82, 2.24) is 0 Å². The van der Waals surface area contributed by atoms with Crippen molar-refractivity contribution in [1.29, 1.82) is 5.26 Å². The molecular weight excluding hydrogens is 186 g/mol. The van der Waals surface area contributed by atoms with E-state index in [9.17, 15) is 0 Å². The van der Waals surface area contributed by atoms with Gasteiger partial charge >= 0.3 is 0 Å². The molecule has 1 aromatic carbocycles. The molecule has 0 saturated carbocycles. The zero-order chi connectivity index (χ0) is 10.7. The largest absolute Gasteiger partial charge is 0.475 e. The standard InChI is InChI=1S/C13H13NO/c1-10-7-8-12(9-14)15-13(10)11-5-3-2-4-6-11/h2-6,8,10,13H,7H2,1H3/t10-,13-/m1/s1. The summed E-state index contributed by atoms with van der Waals surface area (Å²) in [5, 5.41) is 8.80. The predicted octanol–water partition coefficient (Wildman–Crippen LogP) is 3.19. The molecular formula is C13H13NO. The van der Waals surface area contributed by atoms with Crippen molar-refractivity contribution in [3.05, 3.63) is 47.7 Å². The van der Waals surface area contributed by atoms with E-state index in [0.717, 1.165) is 12.0 Å². The minimum Gasteiger partial charge on any atom is -0.475 e. The minimum absolute atomic E-state index is 0.0193. The van der Waals surface area contributed by atoms with Crippen molar-refractivity contribution in [3.63, 3.8) is 0 Å². The van der Waals surface area contributed by atoms with Crippen molar-refractivity contribution in [2.75, 3.05) is 0 Å². The predicted molar refractivity (Wildman–Crippen MR) is 57.7 cm³/mol. The lowest BCUT2D eigenvalue weighted by atomic mass is 9.92. The first kappa shape index (κ1) is 9.79. The maximum atomic E-state index is 8.80. The van der Waals surface area contributed by atoms with Crippen molar-refractivity contribution < 1.29 is 4.74 Å². The highest BCUT2D eigenvalue weighted by Crippen LogP contribution is 2.34. The second-order valence-electron chi connectivity index (χ2n) is 3.84. The second kappa shape index (κ2) is 4.18. The molecule has 2 heteroatoms. The number of rotatable bonds is 1. The number of nitriles is 1. The van der Waals surface area contributed by atoms with Crippen LogP contribution < -0.4 is 0 Å². The first-order valence-corrected chi connectivity index (χ1v) is 5.13. The lowest BCUT2D eigenvalue weighted by Gasteiger charge is -2.27. The van der Waals surface area contributed by atoms with Gasteiger partial charge in [-0.05, 0) is 18.1 Å². The van der Waals surface area contributed by atoms with E-state index in [4.69, 9.17) is 10.00 Å². The molecule has 0 N–H and O–H groups in total. The third-order valence-electron chi connectivity index (χ3n) is 2.68. The van der Waals surface area contributed by atoms with Crippen LogP contribution in [0.3, 0.4) is 0 Å². The van der Waals surface area contributed by atoms with Gasteiger partial charge < -0.3 is 4.74 Å². The van der Waals surface area contributed by atoms with Crippen LogP contribution in [-0.4, -0.2) is 0 Å². The normalized spacial score (nSPS) is 24.9. The summed E-state index contributed by atoms with van der Waals surface area (Å²) in [4.78, 5) is 0. The number of benzene rings is 1. The van der Waals surface area contributed by atoms with Crippen LogP contribution in [0.15, 0.2) is 42.2 Å². The molecule has 0 unspecified atom stereocenters. The summed E-state index contributed by atoms with van der Waals surface area (Å²) < 4.78 is 5.63. The minimum atomic E-state index is 0.0193. The number of ether oxygens (including phenoxy) is 1. The van der Waals surface area contributed by atoms with E-state index in [1.807, 2.05) is 36.4 Å². The highest BCUT2D eigenvalue weighted by molar-refractivity contribution is 5.23. The molecule has 0 aliphatic carbocycles. The van der Waals surface area contributed by atoms with Crippen LogP contribution in [0, 0.1) is 17.2 Å². The molecule has 2 nitrogen and oxygen atoms in total. The number of hydrogen-bond acceptors (Lipinski definition) is 2. The topological polar surface area (TPSA) is 33.0 Å². The van der Waals surface area contributed by atoms with E-state index in [1.54, 1.807) is 0 Å². The average Bonchev–Trinajstić information content (AvgIpc) is 2.31. The van der Waals surface area contributed by atoms with Crippen molar-refractivity contribution in [2.45, 2.75) is 19.4 Å². The van der Waals surface area contributed by atoms with Gasteiger partial charge in [0, 0.05) is 5.92 Å². The maximum absolute atomic E-state index is 8.80. The Kier molecular flexibility index (Phi) is 2.73. The first-order valence-electron chi connectivity index (χ1n) is 5.13. The smallest absolute Gasteiger partial charge is 0.193 e. The van der Waals surface area contributed by atoms with E-state index in [-0.39, 0.29) is 6.10 Å². The van der Waals surface area contributed by atoms with Gasteiger partial charge in [0.2, 0.25) is 0 Å². The Morgan fingerprint density at radius 2 is 2.07 bits per heavy atom. The third-order valence-corrected chi connectivity index (χ3v) is 2.68. The first-order chi connectivity index (χ1) is 7.31. The molecule has 0 radical (unpaired) electrons. The second-order valence-corrected chi connectivity index (χ2v) is 3.84. The fraction of sp³-hybridized carbons (Fsp3) is 0.308. The highest BCUT2D eigenvalue weighted by Gasteiger charge is 2.24. The Morgan fingerprint density at radius 3 is 2.73 bits per heavy atom. The van der Waals surface area contributed by atoms with Crippen LogP contribution in [0.2, 0.25) is 0 Å². The Bertz CT molecular complexity index is 402. The summed E-state index contributed by atoms with van der Waals surface area (Å²) in [7, 11) is 0. The molecule has 0 aromatic heterocycles. The molecule has 0 amide bonds. The zero-order valence-corrected chi connectivity index (χ0v) is 8.68. The van der Waals surface area contributed by atoms with Crippen LogP contribution in [0.25, 0.3) is 0 Å². The molecule has 0 saturated heterocycles. The fourth-order valence-corrected chi connectivity index (χ4v) is 1.83. The van der Waals surface area contributed by atoms with Gasteiger partial charge in [0.25, 0.3) is 0 Å². The van der Waals surface area contributed by atoms with Crippen LogP contribution in [-0.2, 0) is 4.74 Å². The van der Waals surface area contributed by atoms with Gasteiger partial charge in [0.05, 0.1) is 0 Å². The Hall–Kier alpha value is -1.75. The fourth-order valence-electron chi connectivity index (χ4n) is 1.83. The van der Waals surface area contributed by atoms with E-state index < -0.39 is 0 Å². The van der Waals surface area contributed by atoms with Crippen molar-refractivity contribution in [2.24, 2.45) is 5.92 Å². The summed E-state index contributed by atoms with van der Waals surface area (Å²) in [5.74, 6) is 0.867. The van der Waals surface area contributed by atoms with Gasteiger partial charge in [-0.2, -0.15) is 5.26 Å².